The third-order valence-corrected chi connectivity index (χ3v) is 4.23. The van der Waals surface area contributed by atoms with Crippen molar-refractivity contribution in [2.75, 3.05) is 38.5 Å². The molecule has 17 heavy (non-hydrogen) atoms. The Bertz CT molecular complexity index is 377. The minimum Gasteiger partial charge on any atom is -0.314 e. The van der Waals surface area contributed by atoms with Crippen LogP contribution in [0.1, 0.15) is 0 Å². The second-order valence-electron chi connectivity index (χ2n) is 4.10. The van der Waals surface area contributed by atoms with Gasteiger partial charge in [-0.2, -0.15) is 0 Å². The fourth-order valence-corrected chi connectivity index (χ4v) is 2.95. The molecule has 1 unspecified atom stereocenters. The van der Waals surface area contributed by atoms with Crippen molar-refractivity contribution in [1.29, 1.82) is 0 Å². The molecule has 5 heteroatoms. The van der Waals surface area contributed by atoms with Gasteiger partial charge < -0.3 is 5.32 Å². The number of hydrogen-bond acceptors (Lipinski definition) is 3. The van der Waals surface area contributed by atoms with Gasteiger partial charge in [-0.15, -0.1) is 0 Å². The van der Waals surface area contributed by atoms with Gasteiger partial charge in [0.15, 0.2) is 0 Å². The Kier molecular flexibility index (Phi) is 4.65. The molecule has 1 saturated heterocycles. The Labute approximate surface area is 103 Å². The summed E-state index contributed by atoms with van der Waals surface area (Å²) >= 11 is 0. The highest BCUT2D eigenvalue weighted by molar-refractivity contribution is 7.85. The van der Waals surface area contributed by atoms with Crippen LogP contribution in [0.5, 0.6) is 0 Å². The van der Waals surface area contributed by atoms with Crippen molar-refractivity contribution >= 4 is 10.8 Å². The van der Waals surface area contributed by atoms with E-state index < -0.39 is 10.8 Å². The summed E-state index contributed by atoms with van der Waals surface area (Å²) < 4.78 is 24.7. The average Bonchev–Trinajstić information content (AvgIpc) is 2.38. The Morgan fingerprint density at radius 2 is 1.88 bits per heavy atom. The molecule has 1 N–H and O–H groups in total. The normalized spacial score (nSPS) is 19.1. The Hall–Kier alpha value is -0.780. The summed E-state index contributed by atoms with van der Waals surface area (Å²) in [6, 6.07) is 5.92. The molecule has 0 bridgehead atoms. The topological polar surface area (TPSA) is 32.3 Å². The second-order valence-corrected chi connectivity index (χ2v) is 5.67. The lowest BCUT2D eigenvalue weighted by Crippen LogP contribution is -2.44. The van der Waals surface area contributed by atoms with Crippen molar-refractivity contribution in [2.45, 2.75) is 4.90 Å². The van der Waals surface area contributed by atoms with E-state index in [0.29, 0.717) is 10.6 Å². The lowest BCUT2D eigenvalue weighted by molar-refractivity contribution is 0.254. The fraction of sp³-hybridized carbons (Fsp3) is 0.500. The van der Waals surface area contributed by atoms with Gasteiger partial charge in [-0.25, -0.2) is 4.39 Å². The van der Waals surface area contributed by atoms with Crippen molar-refractivity contribution in [1.82, 2.24) is 10.2 Å². The zero-order chi connectivity index (χ0) is 12.1. The Morgan fingerprint density at radius 1 is 1.24 bits per heavy atom. The van der Waals surface area contributed by atoms with Gasteiger partial charge in [-0.1, -0.05) is 0 Å². The third-order valence-electron chi connectivity index (χ3n) is 2.88. The summed E-state index contributed by atoms with van der Waals surface area (Å²) in [5.41, 5.74) is 0. The fourth-order valence-electron chi connectivity index (χ4n) is 1.85. The predicted octanol–water partition coefficient (Wildman–Crippen LogP) is 0.838. The minimum absolute atomic E-state index is 0.284. The van der Waals surface area contributed by atoms with Gasteiger partial charge >= 0.3 is 0 Å². The highest BCUT2D eigenvalue weighted by Crippen LogP contribution is 2.08. The summed E-state index contributed by atoms with van der Waals surface area (Å²) in [7, 11) is -1.02. The molecule has 3 nitrogen and oxygen atoms in total. The van der Waals surface area contributed by atoms with Crippen molar-refractivity contribution in [3.63, 3.8) is 0 Å². The molecule has 0 aliphatic carbocycles. The average molecular weight is 256 g/mol. The Morgan fingerprint density at radius 3 is 2.53 bits per heavy atom. The summed E-state index contributed by atoms with van der Waals surface area (Å²) in [4.78, 5) is 3.01. The summed E-state index contributed by atoms with van der Waals surface area (Å²) in [6.07, 6.45) is 0. The van der Waals surface area contributed by atoms with E-state index in [1.165, 1.54) is 12.1 Å². The molecule has 0 amide bonds. The molecular weight excluding hydrogens is 239 g/mol. The molecule has 1 aliphatic heterocycles. The maximum Gasteiger partial charge on any atom is 0.123 e. The minimum atomic E-state index is -1.02. The number of benzene rings is 1. The molecule has 94 valence electrons. The van der Waals surface area contributed by atoms with E-state index >= 15 is 0 Å². The highest BCUT2D eigenvalue weighted by atomic mass is 32.2. The first-order chi connectivity index (χ1) is 8.25. The number of nitrogens with zero attached hydrogens (tertiary/aromatic N) is 1. The molecule has 1 aromatic carbocycles. The lowest BCUT2D eigenvalue weighted by atomic mass is 10.3. The SMILES string of the molecule is O=S(CCN1CCNCC1)c1ccc(F)cc1. The van der Waals surface area contributed by atoms with Crippen LogP contribution in [0.2, 0.25) is 0 Å². The molecule has 1 heterocycles. The first-order valence-corrected chi connectivity index (χ1v) is 7.14. The monoisotopic (exact) mass is 256 g/mol. The van der Waals surface area contributed by atoms with Crippen LogP contribution < -0.4 is 5.32 Å². The first kappa shape index (κ1) is 12.7. The number of hydrogen-bond donors (Lipinski definition) is 1. The van der Waals surface area contributed by atoms with E-state index in [1.807, 2.05) is 0 Å². The van der Waals surface area contributed by atoms with Crippen LogP contribution in [0, 0.1) is 5.82 Å². The van der Waals surface area contributed by atoms with E-state index in [0.717, 1.165) is 32.7 Å². The smallest absolute Gasteiger partial charge is 0.123 e. The summed E-state index contributed by atoms with van der Waals surface area (Å²) in [5.74, 6) is 0.332. The van der Waals surface area contributed by atoms with Crippen LogP contribution in [0.4, 0.5) is 4.39 Å². The molecule has 0 radical (unpaired) electrons. The van der Waals surface area contributed by atoms with E-state index in [1.54, 1.807) is 12.1 Å². The molecule has 0 aromatic heterocycles. The maximum absolute atomic E-state index is 12.7. The lowest BCUT2D eigenvalue weighted by Gasteiger charge is -2.26. The van der Waals surface area contributed by atoms with Gasteiger partial charge in [-0.05, 0) is 24.3 Å². The van der Waals surface area contributed by atoms with Gasteiger partial charge in [-0.3, -0.25) is 9.11 Å². The van der Waals surface area contributed by atoms with Gasteiger partial charge in [0.05, 0.1) is 10.8 Å². The second kappa shape index (κ2) is 6.23. The van der Waals surface area contributed by atoms with Crippen LogP contribution in [0.3, 0.4) is 0 Å². The standard InChI is InChI=1S/C12H17FN2OS/c13-11-1-3-12(4-2-11)17(16)10-9-15-7-5-14-6-8-15/h1-4,14H,5-10H2. The van der Waals surface area contributed by atoms with E-state index in [-0.39, 0.29) is 5.82 Å². The van der Waals surface area contributed by atoms with Gasteiger partial charge in [0.25, 0.3) is 0 Å². The molecule has 0 spiro atoms. The van der Waals surface area contributed by atoms with Crippen LogP contribution >= 0.6 is 0 Å². The van der Waals surface area contributed by atoms with Crippen molar-refractivity contribution in [3.8, 4) is 0 Å². The van der Waals surface area contributed by atoms with Crippen LogP contribution in [0.25, 0.3) is 0 Å². The van der Waals surface area contributed by atoms with Crippen LogP contribution in [-0.4, -0.2) is 47.6 Å². The van der Waals surface area contributed by atoms with Crippen LogP contribution in [-0.2, 0) is 10.8 Å². The first-order valence-electron chi connectivity index (χ1n) is 5.83. The largest absolute Gasteiger partial charge is 0.314 e. The molecule has 1 atom stereocenters. The van der Waals surface area contributed by atoms with E-state index in [9.17, 15) is 8.60 Å². The molecule has 0 saturated carbocycles. The maximum atomic E-state index is 12.7. The highest BCUT2D eigenvalue weighted by Gasteiger charge is 2.11. The van der Waals surface area contributed by atoms with Gasteiger partial charge in [0, 0.05) is 43.4 Å². The Balaban J connectivity index is 1.82. The van der Waals surface area contributed by atoms with Crippen molar-refractivity contribution in [2.24, 2.45) is 0 Å². The van der Waals surface area contributed by atoms with Crippen molar-refractivity contribution in [3.05, 3.63) is 30.1 Å². The van der Waals surface area contributed by atoms with Crippen LogP contribution in [0.15, 0.2) is 29.2 Å². The summed E-state index contributed by atoms with van der Waals surface area (Å²) in [6.45, 7) is 4.87. The molecule has 2 rings (SSSR count). The van der Waals surface area contributed by atoms with Gasteiger partial charge in [0.1, 0.15) is 5.82 Å². The van der Waals surface area contributed by atoms with E-state index in [2.05, 4.69) is 10.2 Å². The molecular formula is C12H17FN2OS. The number of nitrogens with one attached hydrogen (secondary N) is 1. The summed E-state index contributed by atoms with van der Waals surface area (Å²) in [5, 5.41) is 3.28. The number of halogens is 1. The zero-order valence-electron chi connectivity index (χ0n) is 9.69. The zero-order valence-corrected chi connectivity index (χ0v) is 10.5. The molecule has 1 fully saturated rings. The predicted molar refractivity (Wildman–Crippen MR) is 67.0 cm³/mol. The number of piperazine rings is 1. The van der Waals surface area contributed by atoms with Crippen molar-refractivity contribution < 1.29 is 8.60 Å². The quantitative estimate of drug-likeness (QED) is 0.866. The molecule has 1 aromatic rings. The number of rotatable bonds is 4. The van der Waals surface area contributed by atoms with E-state index in [4.69, 9.17) is 0 Å². The van der Waals surface area contributed by atoms with Gasteiger partial charge in [0.2, 0.25) is 0 Å². The molecule has 1 aliphatic rings. The third kappa shape index (κ3) is 3.87.